The SMILES string of the molecule is O=C(Cc1ccc(OC(F)(F)F)cc1)N1CCN(c2cnn(-c3ccccc3)c(=O)c2Cl)CC1. The second kappa shape index (κ2) is 9.76. The molecule has 178 valence electrons. The summed E-state index contributed by atoms with van der Waals surface area (Å²) >= 11 is 6.36. The number of rotatable bonds is 5. The standard InChI is InChI=1S/C23H20ClF3N4O3/c24-21-19(15-28-31(22(21)33)17-4-2-1-3-5-17)29-10-12-30(13-11-29)20(32)14-16-6-8-18(9-7-16)34-23(25,26)27/h1-9,15H,10-14H2. The molecule has 2 heterocycles. The molecule has 2 aromatic carbocycles. The highest BCUT2D eigenvalue weighted by atomic mass is 35.5. The molecular formula is C23H20ClF3N4O3. The van der Waals surface area contributed by atoms with Gasteiger partial charge in [0.25, 0.3) is 5.56 Å². The van der Waals surface area contributed by atoms with Crippen LogP contribution in [0.4, 0.5) is 18.9 Å². The van der Waals surface area contributed by atoms with Crippen LogP contribution in [0.25, 0.3) is 5.69 Å². The van der Waals surface area contributed by atoms with Crippen LogP contribution in [0.5, 0.6) is 5.75 Å². The molecule has 0 aliphatic carbocycles. The second-order valence-electron chi connectivity index (χ2n) is 7.63. The molecule has 0 bridgehead atoms. The maximum absolute atomic E-state index is 12.7. The van der Waals surface area contributed by atoms with Gasteiger partial charge in [0.05, 0.1) is 24.0 Å². The van der Waals surface area contributed by atoms with Gasteiger partial charge in [0, 0.05) is 26.2 Å². The number of nitrogens with zero attached hydrogens (tertiary/aromatic N) is 4. The van der Waals surface area contributed by atoms with Crippen molar-refractivity contribution in [2.75, 3.05) is 31.1 Å². The van der Waals surface area contributed by atoms with E-state index < -0.39 is 11.9 Å². The Balaban J connectivity index is 1.36. The van der Waals surface area contributed by atoms with Gasteiger partial charge in [-0.15, -0.1) is 13.2 Å². The number of para-hydroxylation sites is 1. The number of halogens is 4. The van der Waals surface area contributed by atoms with Gasteiger partial charge in [-0.3, -0.25) is 9.59 Å². The number of carbonyl (C=O) groups excluding carboxylic acids is 1. The first-order valence-corrected chi connectivity index (χ1v) is 10.8. The molecule has 11 heteroatoms. The van der Waals surface area contributed by atoms with E-state index in [0.717, 1.165) is 0 Å². The number of hydrogen-bond acceptors (Lipinski definition) is 5. The molecule has 1 amide bonds. The fourth-order valence-electron chi connectivity index (χ4n) is 3.69. The van der Waals surface area contributed by atoms with Gasteiger partial charge in [0.1, 0.15) is 10.8 Å². The van der Waals surface area contributed by atoms with E-state index in [2.05, 4.69) is 9.84 Å². The third kappa shape index (κ3) is 5.51. The number of alkyl halides is 3. The molecular weight excluding hydrogens is 473 g/mol. The average molecular weight is 493 g/mol. The number of piperazine rings is 1. The first-order chi connectivity index (χ1) is 16.2. The molecule has 1 aromatic heterocycles. The zero-order chi connectivity index (χ0) is 24.3. The molecule has 0 spiro atoms. The van der Waals surface area contributed by atoms with Crippen molar-refractivity contribution in [2.24, 2.45) is 0 Å². The molecule has 7 nitrogen and oxygen atoms in total. The Morgan fingerprint density at radius 1 is 1.00 bits per heavy atom. The fourth-order valence-corrected chi connectivity index (χ4v) is 3.94. The maximum atomic E-state index is 12.7. The summed E-state index contributed by atoms with van der Waals surface area (Å²) in [5, 5.41) is 4.30. The topological polar surface area (TPSA) is 67.7 Å². The van der Waals surface area contributed by atoms with Gasteiger partial charge in [0.2, 0.25) is 5.91 Å². The van der Waals surface area contributed by atoms with Crippen LogP contribution in [0.2, 0.25) is 5.02 Å². The zero-order valence-electron chi connectivity index (χ0n) is 17.8. The molecule has 1 aliphatic heterocycles. The normalized spacial score (nSPS) is 14.2. The van der Waals surface area contributed by atoms with E-state index in [9.17, 15) is 22.8 Å². The van der Waals surface area contributed by atoms with E-state index in [4.69, 9.17) is 11.6 Å². The van der Waals surface area contributed by atoms with Crippen LogP contribution >= 0.6 is 11.6 Å². The number of benzene rings is 2. The van der Waals surface area contributed by atoms with E-state index in [1.54, 1.807) is 35.4 Å². The van der Waals surface area contributed by atoms with Gasteiger partial charge in [0.15, 0.2) is 0 Å². The Labute approximate surface area is 197 Å². The molecule has 0 radical (unpaired) electrons. The monoisotopic (exact) mass is 492 g/mol. The van der Waals surface area contributed by atoms with Crippen LogP contribution < -0.4 is 15.2 Å². The number of aromatic nitrogens is 2. The first kappa shape index (κ1) is 23.6. The van der Waals surface area contributed by atoms with Gasteiger partial charge in [-0.05, 0) is 29.8 Å². The predicted octanol–water partition coefficient (Wildman–Crippen LogP) is 3.68. The van der Waals surface area contributed by atoms with Crippen LogP contribution in [0, 0.1) is 0 Å². The van der Waals surface area contributed by atoms with Crippen LogP contribution in [-0.2, 0) is 11.2 Å². The van der Waals surface area contributed by atoms with Gasteiger partial charge < -0.3 is 14.5 Å². The molecule has 1 aliphatic rings. The summed E-state index contributed by atoms with van der Waals surface area (Å²) in [7, 11) is 0. The van der Waals surface area contributed by atoms with Crippen LogP contribution in [0.1, 0.15) is 5.56 Å². The van der Waals surface area contributed by atoms with Crippen molar-refractivity contribution < 1.29 is 22.7 Å². The first-order valence-electron chi connectivity index (χ1n) is 10.4. The van der Waals surface area contributed by atoms with Crippen molar-refractivity contribution in [2.45, 2.75) is 12.8 Å². The molecule has 34 heavy (non-hydrogen) atoms. The number of ether oxygens (including phenoxy) is 1. The van der Waals surface area contributed by atoms with Crippen LogP contribution in [0.3, 0.4) is 0 Å². The summed E-state index contributed by atoms with van der Waals surface area (Å²) in [6, 6.07) is 14.2. The Bertz CT molecular complexity index is 1210. The summed E-state index contributed by atoms with van der Waals surface area (Å²) in [4.78, 5) is 28.9. The lowest BCUT2D eigenvalue weighted by atomic mass is 10.1. The van der Waals surface area contributed by atoms with Crippen LogP contribution in [-0.4, -0.2) is 53.1 Å². The molecule has 3 aromatic rings. The molecule has 0 unspecified atom stereocenters. The maximum Gasteiger partial charge on any atom is 0.573 e. The van der Waals surface area contributed by atoms with Crippen LogP contribution in [0.15, 0.2) is 65.6 Å². The minimum Gasteiger partial charge on any atom is -0.406 e. The van der Waals surface area contributed by atoms with Crippen molar-refractivity contribution in [1.29, 1.82) is 0 Å². The van der Waals surface area contributed by atoms with Crippen molar-refractivity contribution in [1.82, 2.24) is 14.7 Å². The Hall–Kier alpha value is -3.53. The number of hydrogen-bond donors (Lipinski definition) is 0. The lowest BCUT2D eigenvalue weighted by Crippen LogP contribution is -2.49. The molecule has 0 atom stereocenters. The van der Waals surface area contributed by atoms with E-state index in [0.29, 0.717) is 43.1 Å². The van der Waals surface area contributed by atoms with E-state index in [1.807, 2.05) is 11.0 Å². The van der Waals surface area contributed by atoms with Gasteiger partial charge in [-0.25, -0.2) is 0 Å². The Morgan fingerprint density at radius 3 is 2.26 bits per heavy atom. The highest BCUT2D eigenvalue weighted by Crippen LogP contribution is 2.24. The molecule has 1 fully saturated rings. The minimum atomic E-state index is -4.76. The third-order valence-corrected chi connectivity index (χ3v) is 5.74. The Kier molecular flexibility index (Phi) is 6.78. The van der Waals surface area contributed by atoms with Gasteiger partial charge in [-0.1, -0.05) is 41.9 Å². The molecule has 1 saturated heterocycles. The summed E-state index contributed by atoms with van der Waals surface area (Å²) in [6.45, 7) is 1.74. The average Bonchev–Trinajstić information content (AvgIpc) is 2.82. The summed E-state index contributed by atoms with van der Waals surface area (Å²) in [6.07, 6.45) is -3.16. The van der Waals surface area contributed by atoms with Crippen molar-refractivity contribution in [3.05, 3.63) is 81.7 Å². The van der Waals surface area contributed by atoms with E-state index >= 15 is 0 Å². The summed E-state index contributed by atoms with van der Waals surface area (Å²) in [5.41, 5.74) is 1.26. The highest BCUT2D eigenvalue weighted by Gasteiger charge is 2.31. The predicted molar refractivity (Wildman–Crippen MR) is 120 cm³/mol. The Morgan fingerprint density at radius 2 is 1.65 bits per heavy atom. The van der Waals surface area contributed by atoms with Gasteiger partial charge >= 0.3 is 6.36 Å². The number of amides is 1. The summed E-state index contributed by atoms with van der Waals surface area (Å²) in [5.74, 6) is -0.482. The number of anilines is 1. The lowest BCUT2D eigenvalue weighted by Gasteiger charge is -2.36. The molecule has 0 saturated carbocycles. The lowest BCUT2D eigenvalue weighted by molar-refractivity contribution is -0.274. The minimum absolute atomic E-state index is 0.0554. The zero-order valence-corrected chi connectivity index (χ0v) is 18.6. The highest BCUT2D eigenvalue weighted by molar-refractivity contribution is 6.33. The van der Waals surface area contributed by atoms with Crippen molar-refractivity contribution in [3.63, 3.8) is 0 Å². The van der Waals surface area contributed by atoms with E-state index in [-0.39, 0.29) is 23.1 Å². The molecule has 4 rings (SSSR count). The largest absolute Gasteiger partial charge is 0.573 e. The van der Waals surface area contributed by atoms with Crippen molar-refractivity contribution >= 4 is 23.2 Å². The van der Waals surface area contributed by atoms with Crippen molar-refractivity contribution in [3.8, 4) is 11.4 Å². The smallest absolute Gasteiger partial charge is 0.406 e. The molecule has 0 N–H and O–H groups in total. The van der Waals surface area contributed by atoms with E-state index in [1.165, 1.54) is 28.9 Å². The summed E-state index contributed by atoms with van der Waals surface area (Å²) < 4.78 is 41.9. The fraction of sp³-hybridized carbons (Fsp3) is 0.261. The quantitative estimate of drug-likeness (QED) is 0.543. The second-order valence-corrected chi connectivity index (χ2v) is 8.01. The third-order valence-electron chi connectivity index (χ3n) is 5.39. The van der Waals surface area contributed by atoms with Gasteiger partial charge in [-0.2, -0.15) is 9.78 Å². The number of carbonyl (C=O) groups is 1.